The average molecular weight is 307 g/mol. The van der Waals surface area contributed by atoms with Gasteiger partial charge in [-0.05, 0) is 32.6 Å². The molecule has 2 N–H and O–H groups in total. The van der Waals surface area contributed by atoms with Crippen LogP contribution < -0.4 is 5.73 Å². The number of piperidine rings is 1. The molecule has 0 aliphatic carbocycles. The van der Waals surface area contributed by atoms with Crippen molar-refractivity contribution in [3.05, 3.63) is 0 Å². The van der Waals surface area contributed by atoms with Crippen molar-refractivity contribution in [2.45, 2.75) is 32.7 Å². The van der Waals surface area contributed by atoms with E-state index in [1.165, 1.54) is 6.26 Å². The van der Waals surface area contributed by atoms with Crippen LogP contribution in [0.5, 0.6) is 0 Å². The summed E-state index contributed by atoms with van der Waals surface area (Å²) in [5.74, 6) is 0.361. The predicted octanol–water partition coefficient (Wildman–Crippen LogP) is 0.655. The molecule has 0 aromatic heterocycles. The van der Waals surface area contributed by atoms with E-state index >= 15 is 0 Å². The van der Waals surface area contributed by atoms with Crippen molar-refractivity contribution in [3.8, 4) is 0 Å². The van der Waals surface area contributed by atoms with Crippen LogP contribution in [0.4, 0.5) is 0 Å². The number of hydrogen-bond acceptors (Lipinski definition) is 4. The van der Waals surface area contributed by atoms with E-state index in [-0.39, 0.29) is 0 Å². The highest BCUT2D eigenvalue weighted by atomic mass is 32.2. The van der Waals surface area contributed by atoms with E-state index in [1.54, 1.807) is 4.31 Å². The van der Waals surface area contributed by atoms with Crippen molar-refractivity contribution in [2.24, 2.45) is 11.7 Å². The van der Waals surface area contributed by atoms with Crippen LogP contribution in [0.3, 0.4) is 0 Å². The summed E-state index contributed by atoms with van der Waals surface area (Å²) in [6.45, 7) is 6.92. The van der Waals surface area contributed by atoms with E-state index in [9.17, 15) is 8.42 Å². The fourth-order valence-corrected chi connectivity index (χ4v) is 3.58. The minimum atomic E-state index is -3.07. The van der Waals surface area contributed by atoms with Crippen molar-refractivity contribution in [2.75, 3.05) is 32.4 Å². The molecule has 0 aromatic carbocycles. The van der Waals surface area contributed by atoms with Crippen molar-refractivity contribution in [1.29, 1.82) is 0 Å². The lowest BCUT2D eigenvalue weighted by atomic mass is 9.98. The lowest BCUT2D eigenvalue weighted by molar-refractivity contribution is 0.168. The second-order valence-corrected chi connectivity index (χ2v) is 8.13. The first-order chi connectivity index (χ1) is 8.70. The van der Waals surface area contributed by atoms with E-state index in [4.69, 9.17) is 18.0 Å². The molecule has 1 aliphatic heterocycles. The molecule has 0 bridgehead atoms. The molecule has 0 saturated carbocycles. The Morgan fingerprint density at radius 2 is 2.16 bits per heavy atom. The number of rotatable bonds is 6. The molecule has 1 heterocycles. The van der Waals surface area contributed by atoms with Gasteiger partial charge in [0.1, 0.15) is 0 Å². The Bertz CT molecular complexity index is 409. The molecule has 0 aromatic rings. The first kappa shape index (κ1) is 16.8. The molecular formula is C12H25N3O2S2. The third-order valence-electron chi connectivity index (χ3n) is 3.53. The summed E-state index contributed by atoms with van der Waals surface area (Å²) in [7, 11) is -3.07. The molecule has 1 aliphatic rings. The van der Waals surface area contributed by atoms with Gasteiger partial charge in [0.2, 0.25) is 10.0 Å². The summed E-state index contributed by atoms with van der Waals surface area (Å²) >= 11 is 4.97. The summed E-state index contributed by atoms with van der Waals surface area (Å²) in [5, 5.41) is 0. The summed E-state index contributed by atoms with van der Waals surface area (Å²) in [5.41, 5.74) is 5.62. The van der Waals surface area contributed by atoms with Crippen LogP contribution >= 0.6 is 12.2 Å². The highest BCUT2D eigenvalue weighted by Gasteiger charge is 2.27. The zero-order valence-electron chi connectivity index (χ0n) is 12.0. The maximum atomic E-state index is 11.6. The van der Waals surface area contributed by atoms with Crippen molar-refractivity contribution < 1.29 is 8.42 Å². The van der Waals surface area contributed by atoms with Gasteiger partial charge in [0, 0.05) is 32.2 Å². The van der Waals surface area contributed by atoms with Gasteiger partial charge >= 0.3 is 0 Å². The molecule has 5 nitrogen and oxygen atoms in total. The quantitative estimate of drug-likeness (QED) is 0.730. The average Bonchev–Trinajstić information content (AvgIpc) is 2.26. The maximum Gasteiger partial charge on any atom is 0.211 e. The standard InChI is InChI=1S/C12H25N3O2S2/c1-10(2)14(9-12(13)18)7-11-5-4-6-15(8-11)19(3,16)17/h10-11H,4-9H2,1-3H3,(H2,13,18). The molecule has 19 heavy (non-hydrogen) atoms. The van der Waals surface area contributed by atoms with Crippen LogP contribution in [-0.2, 0) is 10.0 Å². The van der Waals surface area contributed by atoms with Gasteiger partial charge in [0.05, 0.1) is 11.2 Å². The molecular weight excluding hydrogens is 282 g/mol. The Hall–Kier alpha value is -0.240. The number of hydrogen-bond donors (Lipinski definition) is 1. The van der Waals surface area contributed by atoms with Gasteiger partial charge in [0.15, 0.2) is 0 Å². The molecule has 7 heteroatoms. The highest BCUT2D eigenvalue weighted by molar-refractivity contribution is 7.88. The molecule has 1 saturated heterocycles. The molecule has 1 fully saturated rings. The van der Waals surface area contributed by atoms with Gasteiger partial charge in [-0.3, -0.25) is 4.90 Å². The van der Waals surface area contributed by atoms with E-state index in [0.29, 0.717) is 36.6 Å². The summed E-state index contributed by atoms with van der Waals surface area (Å²) in [6.07, 6.45) is 3.27. The number of thiocarbonyl (C=S) groups is 1. The SMILES string of the molecule is CC(C)N(CC(N)=S)CC1CCCN(S(C)(=O)=O)C1. The maximum absolute atomic E-state index is 11.6. The van der Waals surface area contributed by atoms with Crippen molar-refractivity contribution in [3.63, 3.8) is 0 Å². The van der Waals surface area contributed by atoms with Crippen LogP contribution in [0.2, 0.25) is 0 Å². The third-order valence-corrected chi connectivity index (χ3v) is 4.93. The van der Waals surface area contributed by atoms with Gasteiger partial charge < -0.3 is 5.73 Å². The van der Waals surface area contributed by atoms with E-state index in [0.717, 1.165) is 19.4 Å². The van der Waals surface area contributed by atoms with Gasteiger partial charge in [-0.25, -0.2) is 12.7 Å². The Labute approximate surface area is 122 Å². The monoisotopic (exact) mass is 307 g/mol. The Morgan fingerprint density at radius 3 is 2.63 bits per heavy atom. The molecule has 1 unspecified atom stereocenters. The van der Waals surface area contributed by atoms with Crippen molar-refractivity contribution in [1.82, 2.24) is 9.21 Å². The smallest absolute Gasteiger partial charge is 0.211 e. The fraction of sp³-hybridized carbons (Fsp3) is 0.917. The first-order valence-electron chi connectivity index (χ1n) is 6.67. The van der Waals surface area contributed by atoms with Crippen LogP contribution in [0.25, 0.3) is 0 Å². The zero-order valence-corrected chi connectivity index (χ0v) is 13.6. The predicted molar refractivity (Wildman–Crippen MR) is 82.6 cm³/mol. The highest BCUT2D eigenvalue weighted by Crippen LogP contribution is 2.20. The van der Waals surface area contributed by atoms with E-state index in [1.807, 2.05) is 0 Å². The fourth-order valence-electron chi connectivity index (χ4n) is 2.47. The summed E-state index contributed by atoms with van der Waals surface area (Å²) in [6, 6.07) is 0.357. The Morgan fingerprint density at radius 1 is 1.53 bits per heavy atom. The van der Waals surface area contributed by atoms with Gasteiger partial charge in [-0.1, -0.05) is 12.2 Å². The van der Waals surface area contributed by atoms with Gasteiger partial charge in [0.25, 0.3) is 0 Å². The molecule has 0 spiro atoms. The normalized spacial score (nSPS) is 22.1. The Kier molecular flexibility index (Phi) is 6.16. The van der Waals surface area contributed by atoms with Gasteiger partial charge in [-0.2, -0.15) is 0 Å². The lowest BCUT2D eigenvalue weighted by Crippen LogP contribution is -2.46. The zero-order chi connectivity index (χ0) is 14.6. The lowest BCUT2D eigenvalue weighted by Gasteiger charge is -2.35. The third kappa shape index (κ3) is 5.72. The van der Waals surface area contributed by atoms with Crippen LogP contribution in [0.15, 0.2) is 0 Å². The van der Waals surface area contributed by atoms with Crippen molar-refractivity contribution >= 4 is 27.2 Å². The minimum Gasteiger partial charge on any atom is -0.392 e. The number of nitrogens with two attached hydrogens (primary N) is 1. The molecule has 1 rings (SSSR count). The van der Waals surface area contributed by atoms with Crippen LogP contribution in [0, 0.1) is 5.92 Å². The summed E-state index contributed by atoms with van der Waals surface area (Å²) < 4.78 is 24.8. The first-order valence-corrected chi connectivity index (χ1v) is 8.93. The summed E-state index contributed by atoms with van der Waals surface area (Å²) in [4.78, 5) is 2.71. The van der Waals surface area contributed by atoms with E-state index < -0.39 is 10.0 Å². The molecule has 0 radical (unpaired) electrons. The second-order valence-electron chi connectivity index (χ2n) is 5.62. The molecule has 1 atom stereocenters. The Balaban J connectivity index is 2.61. The second kappa shape index (κ2) is 6.97. The number of sulfonamides is 1. The topological polar surface area (TPSA) is 66.6 Å². The molecule has 112 valence electrons. The van der Waals surface area contributed by atoms with Crippen LogP contribution in [0.1, 0.15) is 26.7 Å². The van der Waals surface area contributed by atoms with Crippen LogP contribution in [-0.4, -0.2) is 61.1 Å². The van der Waals surface area contributed by atoms with E-state index in [2.05, 4.69) is 18.7 Å². The minimum absolute atomic E-state index is 0.357. The number of nitrogens with zero attached hydrogens (tertiary/aromatic N) is 2. The van der Waals surface area contributed by atoms with Gasteiger partial charge in [-0.15, -0.1) is 0 Å². The molecule has 0 amide bonds. The largest absolute Gasteiger partial charge is 0.392 e.